The second-order valence-electron chi connectivity index (χ2n) is 6.95. The predicted molar refractivity (Wildman–Crippen MR) is 87.8 cm³/mol. The molecular weight excluding hydrogens is 364 g/mol. The van der Waals surface area contributed by atoms with Crippen LogP contribution in [0.2, 0.25) is 0 Å². The van der Waals surface area contributed by atoms with E-state index < -0.39 is 26.6 Å². The van der Waals surface area contributed by atoms with Gasteiger partial charge < -0.3 is 4.52 Å². The average molecular weight is 383 g/mol. The summed E-state index contributed by atoms with van der Waals surface area (Å²) in [6.07, 6.45) is 4.02. The second-order valence-corrected chi connectivity index (χ2v) is 8.82. The van der Waals surface area contributed by atoms with Crippen LogP contribution in [-0.2, 0) is 16.4 Å². The first-order valence-electron chi connectivity index (χ1n) is 8.72. The molecular formula is C17H19F2N3O3S. The summed E-state index contributed by atoms with van der Waals surface area (Å²) in [7, 11) is -4.23. The molecule has 1 atom stereocenters. The van der Waals surface area contributed by atoms with Gasteiger partial charge >= 0.3 is 0 Å². The number of sulfonamides is 1. The summed E-state index contributed by atoms with van der Waals surface area (Å²) in [5, 5.41) is 3.97. The van der Waals surface area contributed by atoms with Gasteiger partial charge in [0.2, 0.25) is 15.9 Å². The molecule has 0 amide bonds. The maximum Gasteiger partial charge on any atom is 0.248 e. The van der Waals surface area contributed by atoms with Crippen molar-refractivity contribution in [2.24, 2.45) is 5.92 Å². The third kappa shape index (κ3) is 3.37. The van der Waals surface area contributed by atoms with Gasteiger partial charge in [0.15, 0.2) is 10.7 Å². The minimum absolute atomic E-state index is 0.0270. The molecule has 2 heterocycles. The first kappa shape index (κ1) is 17.5. The number of halogens is 2. The van der Waals surface area contributed by atoms with Gasteiger partial charge in [-0.3, -0.25) is 0 Å². The fraction of sp³-hybridized carbons (Fsp3) is 0.529. The molecule has 26 heavy (non-hydrogen) atoms. The molecule has 2 aromatic rings. The molecule has 0 spiro atoms. The van der Waals surface area contributed by atoms with Crippen LogP contribution in [0.25, 0.3) is 0 Å². The van der Waals surface area contributed by atoms with Crippen LogP contribution in [0.5, 0.6) is 0 Å². The standard InChI is InChI=1S/C17H19F2N3O3S/c18-13-4-1-5-14(19)16(13)26(23,24)22-8-2-3-11(10-22)9-15-20-17(21-25-15)12-6-7-12/h1,4-5,11-12H,2-3,6-10H2/t11-/m0/s1. The number of hydrogen-bond acceptors (Lipinski definition) is 5. The predicted octanol–water partition coefficient (Wildman–Crippen LogP) is 2.87. The molecule has 0 unspecified atom stereocenters. The lowest BCUT2D eigenvalue weighted by Gasteiger charge is -2.31. The molecule has 1 aliphatic carbocycles. The highest BCUT2D eigenvalue weighted by Crippen LogP contribution is 2.38. The summed E-state index contributed by atoms with van der Waals surface area (Å²) in [6.45, 7) is 0.418. The minimum atomic E-state index is -4.23. The Balaban J connectivity index is 1.50. The zero-order chi connectivity index (χ0) is 18.3. The van der Waals surface area contributed by atoms with E-state index in [0.29, 0.717) is 30.5 Å². The fourth-order valence-electron chi connectivity index (χ4n) is 3.38. The number of nitrogens with zero attached hydrogens (tertiary/aromatic N) is 3. The summed E-state index contributed by atoms with van der Waals surface area (Å²) < 4.78 is 59.8. The van der Waals surface area contributed by atoms with Crippen molar-refractivity contribution < 1.29 is 21.7 Å². The van der Waals surface area contributed by atoms with Gasteiger partial charge in [0, 0.05) is 25.4 Å². The quantitative estimate of drug-likeness (QED) is 0.794. The number of piperidine rings is 1. The van der Waals surface area contributed by atoms with Gasteiger partial charge in [0.25, 0.3) is 0 Å². The molecule has 0 bridgehead atoms. The maximum atomic E-state index is 14.0. The SMILES string of the molecule is O=S(=O)(c1c(F)cccc1F)N1CCC[C@@H](Cc2nc(C3CC3)no2)C1. The van der Waals surface area contributed by atoms with Gasteiger partial charge in [-0.25, -0.2) is 17.2 Å². The molecule has 1 aliphatic heterocycles. The molecule has 1 saturated carbocycles. The van der Waals surface area contributed by atoms with Crippen LogP contribution in [0, 0.1) is 17.6 Å². The summed E-state index contributed by atoms with van der Waals surface area (Å²) in [5.41, 5.74) is 0. The lowest BCUT2D eigenvalue weighted by atomic mass is 9.96. The zero-order valence-corrected chi connectivity index (χ0v) is 14.9. The van der Waals surface area contributed by atoms with Gasteiger partial charge in [0.05, 0.1) is 0 Å². The molecule has 0 N–H and O–H groups in total. The first-order valence-corrected chi connectivity index (χ1v) is 10.2. The monoisotopic (exact) mass is 383 g/mol. The van der Waals surface area contributed by atoms with Crippen molar-refractivity contribution in [3.8, 4) is 0 Å². The van der Waals surface area contributed by atoms with E-state index in [9.17, 15) is 17.2 Å². The summed E-state index contributed by atoms with van der Waals surface area (Å²) in [6, 6.07) is 3.06. The van der Waals surface area contributed by atoms with E-state index >= 15 is 0 Å². The Bertz CT molecular complexity index is 891. The van der Waals surface area contributed by atoms with E-state index in [2.05, 4.69) is 10.1 Å². The Morgan fingerprint density at radius 3 is 2.62 bits per heavy atom. The Morgan fingerprint density at radius 1 is 1.19 bits per heavy atom. The summed E-state index contributed by atoms with van der Waals surface area (Å²) in [4.78, 5) is 3.49. The lowest BCUT2D eigenvalue weighted by molar-refractivity contribution is 0.245. The Labute approximate surface area is 150 Å². The van der Waals surface area contributed by atoms with E-state index in [1.807, 2.05) is 0 Å². The smallest absolute Gasteiger partial charge is 0.248 e. The van der Waals surface area contributed by atoms with Crippen LogP contribution < -0.4 is 0 Å². The largest absolute Gasteiger partial charge is 0.339 e. The van der Waals surface area contributed by atoms with E-state index in [-0.39, 0.29) is 19.0 Å². The molecule has 9 heteroatoms. The molecule has 1 saturated heterocycles. The number of hydrogen-bond donors (Lipinski definition) is 0. The average Bonchev–Trinajstić information content (AvgIpc) is 3.35. The van der Waals surface area contributed by atoms with Gasteiger partial charge in [0.1, 0.15) is 11.6 Å². The highest BCUT2D eigenvalue weighted by Gasteiger charge is 2.35. The number of benzene rings is 1. The van der Waals surface area contributed by atoms with Crippen molar-refractivity contribution in [3.63, 3.8) is 0 Å². The van der Waals surface area contributed by atoms with Gasteiger partial charge in [-0.1, -0.05) is 11.2 Å². The summed E-state index contributed by atoms with van der Waals surface area (Å²) in [5.74, 6) is -0.571. The van der Waals surface area contributed by atoms with Crippen LogP contribution >= 0.6 is 0 Å². The van der Waals surface area contributed by atoms with Crippen molar-refractivity contribution in [1.82, 2.24) is 14.4 Å². The molecule has 140 valence electrons. The Morgan fingerprint density at radius 2 is 1.92 bits per heavy atom. The van der Waals surface area contributed by atoms with Crippen LogP contribution in [0.1, 0.15) is 43.3 Å². The fourth-order valence-corrected chi connectivity index (χ4v) is 5.04. The normalized spacial score (nSPS) is 21.8. The maximum absolute atomic E-state index is 14.0. The van der Waals surface area contributed by atoms with Gasteiger partial charge in [-0.15, -0.1) is 0 Å². The highest BCUT2D eigenvalue weighted by molar-refractivity contribution is 7.89. The molecule has 6 nitrogen and oxygen atoms in total. The molecule has 1 aromatic heterocycles. The third-order valence-corrected chi connectivity index (χ3v) is 6.81. The first-order chi connectivity index (χ1) is 12.4. The lowest BCUT2D eigenvalue weighted by Crippen LogP contribution is -2.41. The van der Waals surface area contributed by atoms with Crippen LogP contribution in [0.4, 0.5) is 8.78 Å². The van der Waals surface area contributed by atoms with E-state index in [1.165, 1.54) is 0 Å². The molecule has 4 rings (SSSR count). The third-order valence-electron chi connectivity index (χ3n) is 4.89. The molecule has 0 radical (unpaired) electrons. The Kier molecular flexibility index (Phi) is 4.52. The number of rotatable bonds is 5. The topological polar surface area (TPSA) is 76.3 Å². The van der Waals surface area contributed by atoms with E-state index in [1.54, 1.807) is 0 Å². The number of aromatic nitrogens is 2. The van der Waals surface area contributed by atoms with Crippen molar-refractivity contribution in [2.75, 3.05) is 13.1 Å². The van der Waals surface area contributed by atoms with E-state index in [4.69, 9.17) is 4.52 Å². The molecule has 2 fully saturated rings. The van der Waals surface area contributed by atoms with Crippen LogP contribution in [-0.4, -0.2) is 36.0 Å². The molecule has 1 aromatic carbocycles. The Hall–Kier alpha value is -1.87. The van der Waals surface area contributed by atoms with E-state index in [0.717, 1.165) is 41.8 Å². The second kappa shape index (κ2) is 6.70. The minimum Gasteiger partial charge on any atom is -0.339 e. The van der Waals surface area contributed by atoms with Crippen molar-refractivity contribution >= 4 is 10.0 Å². The molecule has 2 aliphatic rings. The van der Waals surface area contributed by atoms with Crippen LogP contribution in [0.3, 0.4) is 0 Å². The van der Waals surface area contributed by atoms with Gasteiger partial charge in [-0.05, 0) is 43.7 Å². The zero-order valence-electron chi connectivity index (χ0n) is 14.1. The van der Waals surface area contributed by atoms with Crippen molar-refractivity contribution in [2.45, 2.75) is 42.9 Å². The van der Waals surface area contributed by atoms with Crippen LogP contribution in [0.15, 0.2) is 27.6 Å². The van der Waals surface area contributed by atoms with Gasteiger partial charge in [-0.2, -0.15) is 9.29 Å². The van der Waals surface area contributed by atoms with Crippen molar-refractivity contribution in [3.05, 3.63) is 41.5 Å². The van der Waals surface area contributed by atoms with Crippen molar-refractivity contribution in [1.29, 1.82) is 0 Å². The highest BCUT2D eigenvalue weighted by atomic mass is 32.2. The summed E-state index contributed by atoms with van der Waals surface area (Å²) >= 11 is 0.